The van der Waals surface area contributed by atoms with Gasteiger partial charge in [0, 0.05) is 5.39 Å². The Balaban J connectivity index is 2.20. The van der Waals surface area contributed by atoms with Gasteiger partial charge >= 0.3 is 0 Å². The maximum atomic E-state index is 9.33. The third-order valence-corrected chi connectivity index (χ3v) is 3.74. The summed E-state index contributed by atoms with van der Waals surface area (Å²) in [6.45, 7) is 0. The van der Waals surface area contributed by atoms with Crippen molar-refractivity contribution in [3.63, 3.8) is 0 Å². The predicted octanol–water partition coefficient (Wildman–Crippen LogP) is 4.07. The van der Waals surface area contributed by atoms with Gasteiger partial charge in [-0.15, -0.1) is 5.23 Å². The van der Waals surface area contributed by atoms with Gasteiger partial charge in [0.15, 0.2) is 0 Å². The topological polar surface area (TPSA) is 43.7 Å². The van der Waals surface area contributed by atoms with Crippen LogP contribution in [0.5, 0.6) is 0 Å². The van der Waals surface area contributed by atoms with Crippen molar-refractivity contribution in [2.45, 2.75) is 0 Å². The summed E-state index contributed by atoms with van der Waals surface area (Å²) in [5.74, 6) is 0. The number of hydrogen-bond acceptors (Lipinski definition) is 3. The molecule has 3 aromatic rings. The third kappa shape index (κ3) is 1.28. The second-order valence-corrected chi connectivity index (χ2v) is 4.70. The Kier molecular flexibility index (Phi) is 1.98. The second kappa shape index (κ2) is 3.57. The van der Waals surface area contributed by atoms with Crippen LogP contribution in [0.2, 0.25) is 0 Å². The Bertz CT molecular complexity index is 780. The highest BCUT2D eigenvalue weighted by atomic mass is 16.8. The van der Waals surface area contributed by atoms with Crippen LogP contribution in [-0.4, -0.2) is 10.4 Å². The lowest BCUT2D eigenvalue weighted by Crippen LogP contribution is -2.11. The van der Waals surface area contributed by atoms with E-state index in [4.69, 9.17) is 0 Å². The number of fused-ring (bicyclic) bond motifs is 3. The van der Waals surface area contributed by atoms with Crippen LogP contribution in [-0.2, 0) is 0 Å². The monoisotopic (exact) mass is 249 g/mol. The molecule has 0 atom stereocenters. The maximum absolute atomic E-state index is 9.33. The quantitative estimate of drug-likeness (QED) is 0.500. The zero-order valence-corrected chi connectivity index (χ0v) is 10.0. The van der Waals surface area contributed by atoms with Gasteiger partial charge in [-0.05, 0) is 33.7 Å². The van der Waals surface area contributed by atoms with E-state index in [1.807, 2.05) is 30.3 Å². The van der Waals surface area contributed by atoms with Crippen molar-refractivity contribution < 1.29 is 10.4 Å². The number of benzene rings is 3. The Morgan fingerprint density at radius 3 is 1.95 bits per heavy atom. The van der Waals surface area contributed by atoms with Crippen LogP contribution in [0, 0.1) is 0 Å². The molecule has 92 valence electrons. The summed E-state index contributed by atoms with van der Waals surface area (Å²) >= 11 is 0. The van der Waals surface area contributed by atoms with Crippen molar-refractivity contribution in [1.82, 2.24) is 0 Å². The molecular weight excluding hydrogens is 238 g/mol. The Morgan fingerprint density at radius 2 is 1.26 bits per heavy atom. The highest BCUT2D eigenvalue weighted by Gasteiger charge is 2.22. The van der Waals surface area contributed by atoms with E-state index < -0.39 is 0 Å². The van der Waals surface area contributed by atoms with Crippen molar-refractivity contribution >= 4 is 16.5 Å². The lowest BCUT2D eigenvalue weighted by molar-refractivity contribution is 0.0300. The van der Waals surface area contributed by atoms with Gasteiger partial charge in [-0.1, -0.05) is 48.5 Å². The van der Waals surface area contributed by atoms with Crippen molar-refractivity contribution in [3.8, 4) is 22.3 Å². The van der Waals surface area contributed by atoms with E-state index >= 15 is 0 Å². The highest BCUT2D eigenvalue weighted by Crippen LogP contribution is 2.48. The molecule has 0 aliphatic heterocycles. The summed E-state index contributed by atoms with van der Waals surface area (Å²) in [5, 5.41) is 20.8. The molecule has 0 unspecified atom stereocenters. The third-order valence-electron chi connectivity index (χ3n) is 3.74. The average Bonchev–Trinajstić information content (AvgIpc) is 2.76. The van der Waals surface area contributed by atoms with Gasteiger partial charge in [0.1, 0.15) is 5.69 Å². The maximum Gasteiger partial charge on any atom is 0.102 e. The summed E-state index contributed by atoms with van der Waals surface area (Å²) in [4.78, 5) is 0. The molecule has 19 heavy (non-hydrogen) atoms. The van der Waals surface area contributed by atoms with Gasteiger partial charge in [-0.2, -0.15) is 0 Å². The number of hydrogen-bond donors (Lipinski definition) is 2. The lowest BCUT2D eigenvalue weighted by Gasteiger charge is -2.12. The van der Waals surface area contributed by atoms with Crippen molar-refractivity contribution in [2.24, 2.45) is 0 Å². The molecule has 0 fully saturated rings. The standard InChI is InChI=1S/C16H11NO2/c18-17(19)15-9-8-13-11-5-2-1-4-10(11)12-6-3-7-14(15)16(12)13/h1-9,18-19H. The van der Waals surface area contributed by atoms with Crippen LogP contribution in [0.1, 0.15) is 0 Å². The van der Waals surface area contributed by atoms with Gasteiger partial charge in [0.25, 0.3) is 0 Å². The first kappa shape index (κ1) is 10.6. The summed E-state index contributed by atoms with van der Waals surface area (Å²) in [6.07, 6.45) is 0. The van der Waals surface area contributed by atoms with Gasteiger partial charge in [0.05, 0.1) is 0 Å². The largest absolute Gasteiger partial charge is 0.264 e. The molecule has 0 amide bonds. The Morgan fingerprint density at radius 1 is 0.632 bits per heavy atom. The molecule has 3 nitrogen and oxygen atoms in total. The van der Waals surface area contributed by atoms with Crippen LogP contribution in [0.3, 0.4) is 0 Å². The van der Waals surface area contributed by atoms with Gasteiger partial charge in [0.2, 0.25) is 0 Å². The molecule has 3 aromatic carbocycles. The van der Waals surface area contributed by atoms with Crippen LogP contribution in [0.15, 0.2) is 54.6 Å². The first-order valence-corrected chi connectivity index (χ1v) is 6.11. The minimum absolute atomic E-state index is 0.186. The first-order valence-electron chi connectivity index (χ1n) is 6.11. The Labute approximate surface area is 109 Å². The molecule has 0 radical (unpaired) electrons. The van der Waals surface area contributed by atoms with Crippen LogP contribution in [0.4, 0.5) is 5.69 Å². The van der Waals surface area contributed by atoms with Crippen molar-refractivity contribution in [1.29, 1.82) is 0 Å². The van der Waals surface area contributed by atoms with E-state index in [1.165, 1.54) is 11.1 Å². The zero-order valence-electron chi connectivity index (χ0n) is 10.0. The van der Waals surface area contributed by atoms with Gasteiger partial charge < -0.3 is 0 Å². The van der Waals surface area contributed by atoms with E-state index in [2.05, 4.69) is 18.2 Å². The smallest absolute Gasteiger partial charge is 0.102 e. The molecule has 4 rings (SSSR count). The van der Waals surface area contributed by atoms with E-state index in [0.29, 0.717) is 5.69 Å². The summed E-state index contributed by atoms with van der Waals surface area (Å²) < 4.78 is 0. The molecule has 0 bridgehead atoms. The van der Waals surface area contributed by atoms with E-state index in [-0.39, 0.29) is 5.23 Å². The molecule has 0 aromatic heterocycles. The second-order valence-electron chi connectivity index (χ2n) is 4.70. The Hall–Kier alpha value is -2.36. The van der Waals surface area contributed by atoms with Crippen LogP contribution in [0.25, 0.3) is 33.0 Å². The highest BCUT2D eigenvalue weighted by molar-refractivity contribution is 6.18. The normalized spacial score (nSPS) is 11.7. The molecule has 0 saturated carbocycles. The zero-order chi connectivity index (χ0) is 13.0. The average molecular weight is 249 g/mol. The minimum atomic E-state index is 0.186. The molecule has 2 N–H and O–H groups in total. The molecule has 0 heterocycles. The predicted molar refractivity (Wildman–Crippen MR) is 74.4 cm³/mol. The molecular formula is C16H11NO2. The van der Waals surface area contributed by atoms with Gasteiger partial charge in [-0.25, -0.2) is 0 Å². The minimum Gasteiger partial charge on any atom is -0.264 e. The van der Waals surface area contributed by atoms with E-state index in [9.17, 15) is 10.4 Å². The lowest BCUT2D eigenvalue weighted by atomic mass is 10.0. The molecule has 1 aliphatic rings. The van der Waals surface area contributed by atoms with E-state index in [1.54, 1.807) is 6.07 Å². The summed E-state index contributed by atoms with van der Waals surface area (Å²) in [7, 11) is 0. The van der Waals surface area contributed by atoms with Crippen LogP contribution < -0.4 is 5.23 Å². The number of rotatable bonds is 1. The summed E-state index contributed by atoms with van der Waals surface area (Å²) in [5.41, 5.74) is 5.08. The van der Waals surface area contributed by atoms with Gasteiger partial charge in [-0.3, -0.25) is 10.4 Å². The first-order chi connectivity index (χ1) is 9.27. The molecule has 3 heteroatoms. The van der Waals surface area contributed by atoms with Crippen molar-refractivity contribution in [2.75, 3.05) is 5.23 Å². The number of anilines is 1. The number of nitrogens with zero attached hydrogens (tertiary/aromatic N) is 1. The van der Waals surface area contributed by atoms with Crippen LogP contribution >= 0.6 is 0 Å². The fraction of sp³-hybridized carbons (Fsp3) is 0. The molecule has 1 aliphatic carbocycles. The fourth-order valence-corrected chi connectivity index (χ4v) is 2.97. The molecule has 0 spiro atoms. The molecule has 0 saturated heterocycles. The SMILES string of the molecule is ON(O)c1ccc2c3c(cccc13)-c1ccccc1-2. The van der Waals surface area contributed by atoms with Crippen molar-refractivity contribution in [3.05, 3.63) is 54.6 Å². The van der Waals surface area contributed by atoms with E-state index in [0.717, 1.165) is 21.9 Å². The summed E-state index contributed by atoms with van der Waals surface area (Å²) in [6, 6.07) is 17.8. The fourth-order valence-electron chi connectivity index (χ4n) is 2.97.